The first-order valence-electron chi connectivity index (χ1n) is 10.9. The molecular weight excluding hydrogens is 440 g/mol. The number of hydrogen-bond acceptors (Lipinski definition) is 7. The number of hydrogen-bond donors (Lipinski definition) is 0. The van der Waals surface area contributed by atoms with Crippen molar-refractivity contribution >= 4 is 38.3 Å². The van der Waals surface area contributed by atoms with Crippen molar-refractivity contribution in [3.63, 3.8) is 0 Å². The molecule has 2 aromatic carbocycles. The van der Waals surface area contributed by atoms with Crippen LogP contribution in [-0.2, 0) is 6.54 Å². The van der Waals surface area contributed by atoms with E-state index in [-0.39, 0.29) is 12.7 Å². The number of nitrogens with zero attached hydrogens (tertiary/aromatic N) is 2. The van der Waals surface area contributed by atoms with E-state index >= 15 is 0 Å². The number of amides is 1. The lowest BCUT2D eigenvalue weighted by Gasteiger charge is -2.34. The van der Waals surface area contributed by atoms with Crippen LogP contribution in [0.15, 0.2) is 51.7 Å². The van der Waals surface area contributed by atoms with Crippen LogP contribution in [-0.4, -0.2) is 48.7 Å². The minimum Gasteiger partial charge on any atom is -0.454 e. The Labute approximate surface area is 193 Å². The zero-order valence-corrected chi connectivity index (χ0v) is 18.9. The number of aryl methyl sites for hydroxylation is 1. The molecule has 0 spiro atoms. The zero-order valence-electron chi connectivity index (χ0n) is 18.1. The molecule has 168 valence electrons. The van der Waals surface area contributed by atoms with Crippen molar-refractivity contribution < 1.29 is 18.7 Å². The summed E-state index contributed by atoms with van der Waals surface area (Å²) in [5, 5.41) is 1.35. The molecule has 0 saturated carbocycles. The van der Waals surface area contributed by atoms with Crippen LogP contribution in [0, 0.1) is 6.92 Å². The van der Waals surface area contributed by atoms with Gasteiger partial charge in [-0.2, -0.15) is 0 Å². The summed E-state index contributed by atoms with van der Waals surface area (Å²) in [6, 6.07) is 13.4. The molecule has 8 heteroatoms. The van der Waals surface area contributed by atoms with Gasteiger partial charge in [0.25, 0.3) is 5.91 Å². The van der Waals surface area contributed by atoms with E-state index in [1.165, 1.54) is 11.3 Å². The molecule has 1 saturated heterocycles. The van der Waals surface area contributed by atoms with E-state index in [4.69, 9.17) is 13.9 Å². The van der Waals surface area contributed by atoms with Gasteiger partial charge in [-0.3, -0.25) is 9.69 Å². The number of thiophene rings is 1. The van der Waals surface area contributed by atoms with E-state index in [2.05, 4.69) is 11.0 Å². The molecular formula is C25H22N2O5S. The summed E-state index contributed by atoms with van der Waals surface area (Å²) >= 11 is 1.38. The van der Waals surface area contributed by atoms with Crippen molar-refractivity contribution in [2.45, 2.75) is 13.5 Å². The van der Waals surface area contributed by atoms with E-state index in [0.29, 0.717) is 28.9 Å². The third kappa shape index (κ3) is 3.65. The Bertz CT molecular complexity index is 1450. The second kappa shape index (κ2) is 7.90. The van der Waals surface area contributed by atoms with Gasteiger partial charge in [-0.1, -0.05) is 17.7 Å². The van der Waals surface area contributed by atoms with Crippen LogP contribution in [0.3, 0.4) is 0 Å². The highest BCUT2D eigenvalue weighted by Crippen LogP contribution is 2.34. The van der Waals surface area contributed by atoms with Crippen molar-refractivity contribution in [3.8, 4) is 11.5 Å². The fourth-order valence-corrected chi connectivity index (χ4v) is 5.61. The Morgan fingerprint density at radius 2 is 1.79 bits per heavy atom. The number of benzene rings is 2. The lowest BCUT2D eigenvalue weighted by Crippen LogP contribution is -2.48. The fourth-order valence-electron chi connectivity index (χ4n) is 4.48. The summed E-state index contributed by atoms with van der Waals surface area (Å²) in [5.41, 5.74) is 2.40. The predicted octanol–water partition coefficient (Wildman–Crippen LogP) is 4.00. The molecule has 7 nitrogen and oxygen atoms in total. The van der Waals surface area contributed by atoms with Crippen molar-refractivity contribution in [2.24, 2.45) is 0 Å². The molecule has 4 aromatic rings. The Hall–Kier alpha value is -3.36. The molecule has 0 radical (unpaired) electrons. The molecule has 0 bridgehead atoms. The lowest BCUT2D eigenvalue weighted by atomic mass is 10.1. The van der Waals surface area contributed by atoms with Crippen molar-refractivity contribution in [1.29, 1.82) is 0 Å². The third-order valence-corrected chi connectivity index (χ3v) is 7.40. The molecule has 33 heavy (non-hydrogen) atoms. The van der Waals surface area contributed by atoms with Crippen LogP contribution in [0.4, 0.5) is 0 Å². The smallest absolute Gasteiger partial charge is 0.345 e. The molecule has 2 aliphatic rings. The van der Waals surface area contributed by atoms with Crippen molar-refractivity contribution in [1.82, 2.24) is 9.80 Å². The average Bonchev–Trinajstić information content (AvgIpc) is 3.47. The normalized spacial score (nSPS) is 16.1. The molecule has 0 aliphatic carbocycles. The van der Waals surface area contributed by atoms with Gasteiger partial charge in [0.1, 0.15) is 5.58 Å². The van der Waals surface area contributed by atoms with Crippen LogP contribution in [0.2, 0.25) is 0 Å². The monoisotopic (exact) mass is 462 g/mol. The van der Waals surface area contributed by atoms with Crippen LogP contribution >= 0.6 is 11.3 Å². The standard InChI is InChI=1S/C25H22N2O5S/c1-15-2-4-19-17(10-15)23-18(25(29)32-19)12-22(33-23)24(28)27-8-6-26(7-9-27)13-16-3-5-20-21(11-16)31-14-30-20/h2-5,10-12H,6-9,13-14H2,1H3. The summed E-state index contributed by atoms with van der Waals surface area (Å²) in [5.74, 6) is 1.55. The largest absolute Gasteiger partial charge is 0.454 e. The quantitative estimate of drug-likeness (QED) is 0.429. The summed E-state index contributed by atoms with van der Waals surface area (Å²) in [6.07, 6.45) is 0. The van der Waals surface area contributed by atoms with E-state index in [1.807, 2.05) is 42.2 Å². The zero-order chi connectivity index (χ0) is 22.5. The molecule has 2 aliphatic heterocycles. The van der Waals surface area contributed by atoms with Crippen LogP contribution in [0.5, 0.6) is 11.5 Å². The second-order valence-corrected chi connectivity index (χ2v) is 9.55. The molecule has 4 heterocycles. The highest BCUT2D eigenvalue weighted by Gasteiger charge is 2.25. The van der Waals surface area contributed by atoms with E-state index < -0.39 is 5.63 Å². The summed E-state index contributed by atoms with van der Waals surface area (Å²) in [6.45, 7) is 5.94. The first kappa shape index (κ1) is 20.3. The van der Waals surface area contributed by atoms with Gasteiger partial charge in [0, 0.05) is 38.1 Å². The SMILES string of the molecule is Cc1ccc2oc(=O)c3cc(C(=O)N4CCN(Cc5ccc6c(c5)OCO6)CC4)sc3c2c1. The number of carbonyl (C=O) groups is 1. The van der Waals surface area contributed by atoms with Gasteiger partial charge >= 0.3 is 5.63 Å². The van der Waals surface area contributed by atoms with Gasteiger partial charge < -0.3 is 18.8 Å². The van der Waals surface area contributed by atoms with Crippen molar-refractivity contribution in [3.05, 3.63) is 68.9 Å². The fraction of sp³-hybridized carbons (Fsp3) is 0.280. The van der Waals surface area contributed by atoms with Gasteiger partial charge in [0.2, 0.25) is 6.79 Å². The highest BCUT2D eigenvalue weighted by atomic mass is 32.1. The average molecular weight is 463 g/mol. The highest BCUT2D eigenvalue weighted by molar-refractivity contribution is 7.21. The molecule has 0 unspecified atom stereocenters. The van der Waals surface area contributed by atoms with Gasteiger partial charge in [-0.15, -0.1) is 11.3 Å². The van der Waals surface area contributed by atoms with Crippen LogP contribution in [0.1, 0.15) is 20.8 Å². The number of carbonyl (C=O) groups excluding carboxylic acids is 1. The second-order valence-electron chi connectivity index (χ2n) is 8.50. The molecule has 2 aromatic heterocycles. The third-order valence-electron chi connectivity index (χ3n) is 6.25. The Kier molecular flexibility index (Phi) is 4.85. The first-order chi connectivity index (χ1) is 16.0. The van der Waals surface area contributed by atoms with E-state index in [1.54, 1.807) is 6.07 Å². The molecule has 0 atom stereocenters. The molecule has 1 fully saturated rings. The summed E-state index contributed by atoms with van der Waals surface area (Å²) in [7, 11) is 0. The maximum Gasteiger partial charge on any atom is 0.345 e. The predicted molar refractivity (Wildman–Crippen MR) is 126 cm³/mol. The number of piperazine rings is 1. The minimum atomic E-state index is -0.398. The van der Waals surface area contributed by atoms with Gasteiger partial charge in [0.05, 0.1) is 15.0 Å². The molecule has 6 rings (SSSR count). The van der Waals surface area contributed by atoms with Gasteiger partial charge in [-0.05, 0) is 42.8 Å². The Balaban J connectivity index is 1.18. The number of fused-ring (bicyclic) bond motifs is 4. The van der Waals surface area contributed by atoms with Gasteiger partial charge in [-0.25, -0.2) is 4.79 Å². The number of rotatable bonds is 3. The summed E-state index contributed by atoms with van der Waals surface area (Å²) < 4.78 is 17.1. The first-order valence-corrected chi connectivity index (χ1v) is 11.7. The number of ether oxygens (including phenoxy) is 2. The van der Waals surface area contributed by atoms with Crippen LogP contribution in [0.25, 0.3) is 21.1 Å². The minimum absolute atomic E-state index is 0.0286. The maximum absolute atomic E-state index is 13.2. The molecule has 0 N–H and O–H groups in total. The topological polar surface area (TPSA) is 72.2 Å². The maximum atomic E-state index is 13.2. The Morgan fingerprint density at radius 3 is 2.64 bits per heavy atom. The van der Waals surface area contributed by atoms with E-state index in [0.717, 1.165) is 52.3 Å². The van der Waals surface area contributed by atoms with Crippen molar-refractivity contribution in [2.75, 3.05) is 33.0 Å². The van der Waals surface area contributed by atoms with E-state index in [9.17, 15) is 9.59 Å². The lowest BCUT2D eigenvalue weighted by molar-refractivity contribution is 0.0633. The van der Waals surface area contributed by atoms with Crippen LogP contribution < -0.4 is 15.1 Å². The summed E-state index contributed by atoms with van der Waals surface area (Å²) in [4.78, 5) is 30.5. The Morgan fingerprint density at radius 1 is 0.970 bits per heavy atom. The van der Waals surface area contributed by atoms with Gasteiger partial charge in [0.15, 0.2) is 11.5 Å². The molecule has 1 amide bonds.